The maximum atomic E-state index is 12.9. The standard InChI is InChI=1S/C18H22N4O3S/c1-11(2)15-5-16(25-20-15)18(24)21-6-12-3-4-14(8-21)22(17(12)23)7-13-9-26-10-19-13/h5,9-12,14H,3-4,6-8H2,1-2H3/t12-,14+/m0/s1. The molecule has 8 heteroatoms. The van der Waals surface area contributed by atoms with E-state index < -0.39 is 0 Å². The lowest BCUT2D eigenvalue weighted by atomic mass is 9.94. The fraction of sp³-hybridized carbons (Fsp3) is 0.556. The third-order valence-electron chi connectivity index (χ3n) is 5.23. The first-order valence-corrected chi connectivity index (χ1v) is 9.90. The second-order valence-corrected chi connectivity index (χ2v) is 8.07. The first-order valence-electron chi connectivity index (χ1n) is 8.96. The molecule has 3 fully saturated rings. The van der Waals surface area contributed by atoms with Crippen molar-refractivity contribution >= 4 is 23.2 Å². The van der Waals surface area contributed by atoms with Gasteiger partial charge in [0.25, 0.3) is 5.91 Å². The number of carbonyl (C=O) groups excluding carboxylic acids is 2. The van der Waals surface area contributed by atoms with Crippen LogP contribution in [0.3, 0.4) is 0 Å². The van der Waals surface area contributed by atoms with Gasteiger partial charge < -0.3 is 14.3 Å². The Labute approximate surface area is 156 Å². The van der Waals surface area contributed by atoms with Gasteiger partial charge in [-0.15, -0.1) is 11.3 Å². The molecule has 5 heterocycles. The Morgan fingerprint density at radius 2 is 2.23 bits per heavy atom. The van der Waals surface area contributed by atoms with Crippen molar-refractivity contribution in [3.05, 3.63) is 34.1 Å². The molecule has 2 aromatic rings. The highest BCUT2D eigenvalue weighted by Crippen LogP contribution is 2.31. The highest BCUT2D eigenvalue weighted by atomic mass is 32.1. The fourth-order valence-electron chi connectivity index (χ4n) is 3.72. The van der Waals surface area contributed by atoms with Gasteiger partial charge in [0.05, 0.1) is 29.4 Å². The van der Waals surface area contributed by atoms with Crippen LogP contribution >= 0.6 is 11.3 Å². The van der Waals surface area contributed by atoms with Crippen LogP contribution in [0.1, 0.15) is 54.5 Å². The lowest BCUT2D eigenvalue weighted by molar-refractivity contribution is -0.140. The van der Waals surface area contributed by atoms with Crippen molar-refractivity contribution in [2.24, 2.45) is 5.92 Å². The molecule has 0 N–H and O–H groups in total. The largest absolute Gasteiger partial charge is 0.351 e. The summed E-state index contributed by atoms with van der Waals surface area (Å²) < 4.78 is 5.26. The number of hydrogen-bond donors (Lipinski definition) is 0. The van der Waals surface area contributed by atoms with Crippen molar-refractivity contribution < 1.29 is 14.1 Å². The van der Waals surface area contributed by atoms with Crippen LogP contribution in [-0.2, 0) is 11.3 Å². The third kappa shape index (κ3) is 3.13. The van der Waals surface area contributed by atoms with Gasteiger partial charge >= 0.3 is 0 Å². The lowest BCUT2D eigenvalue weighted by Crippen LogP contribution is -2.47. The first-order chi connectivity index (χ1) is 12.5. The van der Waals surface area contributed by atoms with Crippen molar-refractivity contribution in [1.82, 2.24) is 19.9 Å². The van der Waals surface area contributed by atoms with Gasteiger partial charge in [0.2, 0.25) is 11.7 Å². The van der Waals surface area contributed by atoms with E-state index in [1.807, 2.05) is 24.1 Å². The molecule has 3 aliphatic heterocycles. The van der Waals surface area contributed by atoms with Crippen LogP contribution in [0.15, 0.2) is 21.5 Å². The van der Waals surface area contributed by atoms with Gasteiger partial charge in [0, 0.05) is 30.6 Å². The summed E-state index contributed by atoms with van der Waals surface area (Å²) in [6, 6.07) is 1.74. The lowest BCUT2D eigenvalue weighted by Gasteiger charge is -2.35. The van der Waals surface area contributed by atoms with E-state index in [1.165, 1.54) is 11.3 Å². The van der Waals surface area contributed by atoms with Gasteiger partial charge in [0.1, 0.15) is 0 Å². The minimum absolute atomic E-state index is 0.0272. The molecule has 5 rings (SSSR count). The van der Waals surface area contributed by atoms with E-state index in [0.717, 1.165) is 24.2 Å². The number of rotatable bonds is 4. The number of aromatic nitrogens is 2. The molecular weight excluding hydrogens is 352 g/mol. The molecule has 0 radical (unpaired) electrons. The molecule has 0 aliphatic carbocycles. The Balaban J connectivity index is 1.53. The van der Waals surface area contributed by atoms with Crippen LogP contribution in [0.2, 0.25) is 0 Å². The topological polar surface area (TPSA) is 79.5 Å². The molecule has 2 amide bonds. The van der Waals surface area contributed by atoms with Crippen molar-refractivity contribution in [2.45, 2.75) is 45.2 Å². The summed E-state index contributed by atoms with van der Waals surface area (Å²) >= 11 is 1.53. The summed E-state index contributed by atoms with van der Waals surface area (Å²) in [4.78, 5) is 33.7. The van der Waals surface area contributed by atoms with Crippen LogP contribution in [0, 0.1) is 5.92 Å². The molecule has 2 atom stereocenters. The van der Waals surface area contributed by atoms with E-state index >= 15 is 0 Å². The molecule has 138 valence electrons. The molecule has 3 aliphatic rings. The summed E-state index contributed by atoms with van der Waals surface area (Å²) in [5.74, 6) is 0.266. The quantitative estimate of drug-likeness (QED) is 0.822. The monoisotopic (exact) mass is 374 g/mol. The summed E-state index contributed by atoms with van der Waals surface area (Å²) in [5.41, 5.74) is 3.46. The predicted molar refractivity (Wildman–Crippen MR) is 95.7 cm³/mol. The average molecular weight is 374 g/mol. The Bertz CT molecular complexity index is 801. The van der Waals surface area contributed by atoms with E-state index in [9.17, 15) is 9.59 Å². The Kier molecular flexibility index (Phi) is 4.52. The number of nitrogens with zero attached hydrogens (tertiary/aromatic N) is 4. The zero-order valence-electron chi connectivity index (χ0n) is 14.9. The average Bonchev–Trinajstić information content (AvgIpc) is 3.24. The zero-order chi connectivity index (χ0) is 18.3. The van der Waals surface area contributed by atoms with Gasteiger partial charge in [0.15, 0.2) is 0 Å². The van der Waals surface area contributed by atoms with E-state index in [2.05, 4.69) is 10.1 Å². The zero-order valence-corrected chi connectivity index (χ0v) is 15.7. The second kappa shape index (κ2) is 6.83. The Hall–Kier alpha value is -2.22. The summed E-state index contributed by atoms with van der Waals surface area (Å²) in [6.07, 6.45) is 1.74. The van der Waals surface area contributed by atoms with E-state index in [0.29, 0.717) is 19.6 Å². The summed E-state index contributed by atoms with van der Waals surface area (Å²) in [7, 11) is 0. The SMILES string of the molecule is CC(C)c1cc(C(=O)N2C[C@@H]3CC[C@H](C2)N(Cc2cscn2)C3=O)on1. The van der Waals surface area contributed by atoms with Gasteiger partial charge in [-0.05, 0) is 18.8 Å². The van der Waals surface area contributed by atoms with Crippen molar-refractivity contribution in [3.8, 4) is 0 Å². The minimum Gasteiger partial charge on any atom is -0.351 e. The van der Waals surface area contributed by atoms with E-state index in [-0.39, 0.29) is 35.5 Å². The highest BCUT2D eigenvalue weighted by Gasteiger charge is 2.42. The third-order valence-corrected chi connectivity index (χ3v) is 5.86. The molecule has 0 unspecified atom stereocenters. The Morgan fingerprint density at radius 3 is 2.92 bits per heavy atom. The van der Waals surface area contributed by atoms with E-state index in [1.54, 1.807) is 16.5 Å². The smallest absolute Gasteiger partial charge is 0.292 e. The molecule has 3 saturated heterocycles. The summed E-state index contributed by atoms with van der Waals surface area (Å²) in [5, 5.41) is 5.95. The normalized spacial score (nSPS) is 23.0. The molecule has 2 aromatic heterocycles. The fourth-order valence-corrected chi connectivity index (χ4v) is 4.27. The van der Waals surface area contributed by atoms with Crippen molar-refractivity contribution in [3.63, 3.8) is 0 Å². The predicted octanol–water partition coefficient (Wildman–Crippen LogP) is 2.52. The van der Waals surface area contributed by atoms with Crippen LogP contribution in [0.25, 0.3) is 0 Å². The number of carbonyl (C=O) groups is 2. The van der Waals surface area contributed by atoms with Crippen LogP contribution < -0.4 is 0 Å². The number of fused-ring (bicyclic) bond motifs is 4. The molecule has 0 spiro atoms. The van der Waals surface area contributed by atoms with Crippen LogP contribution in [-0.4, -0.2) is 50.9 Å². The molecule has 2 bridgehead atoms. The Morgan fingerprint density at radius 1 is 1.38 bits per heavy atom. The maximum Gasteiger partial charge on any atom is 0.292 e. The van der Waals surface area contributed by atoms with E-state index in [4.69, 9.17) is 4.52 Å². The van der Waals surface area contributed by atoms with Crippen molar-refractivity contribution in [2.75, 3.05) is 13.1 Å². The van der Waals surface area contributed by atoms with Crippen LogP contribution in [0.5, 0.6) is 0 Å². The number of piperidine rings is 1. The number of amides is 2. The maximum absolute atomic E-state index is 12.9. The summed E-state index contributed by atoms with van der Waals surface area (Å²) in [6.45, 7) is 5.51. The van der Waals surface area contributed by atoms with Gasteiger partial charge in [-0.25, -0.2) is 4.98 Å². The molecule has 0 saturated carbocycles. The van der Waals surface area contributed by atoms with Crippen molar-refractivity contribution in [1.29, 1.82) is 0 Å². The second-order valence-electron chi connectivity index (χ2n) is 7.35. The molecule has 26 heavy (non-hydrogen) atoms. The van der Waals surface area contributed by atoms with Gasteiger partial charge in [-0.3, -0.25) is 9.59 Å². The molecule has 7 nitrogen and oxygen atoms in total. The highest BCUT2D eigenvalue weighted by molar-refractivity contribution is 7.07. The minimum atomic E-state index is -0.176. The van der Waals surface area contributed by atoms with Crippen LogP contribution in [0.4, 0.5) is 0 Å². The number of thiazole rings is 1. The first kappa shape index (κ1) is 17.2. The van der Waals surface area contributed by atoms with Gasteiger partial charge in [-0.1, -0.05) is 19.0 Å². The van der Waals surface area contributed by atoms with Gasteiger partial charge in [-0.2, -0.15) is 0 Å². The number of hydrogen-bond acceptors (Lipinski definition) is 6. The molecule has 0 aromatic carbocycles. The molecular formula is C18H22N4O3S.